The number of carboxylic acids is 1. The predicted molar refractivity (Wildman–Crippen MR) is 70.8 cm³/mol. The van der Waals surface area contributed by atoms with Crippen molar-refractivity contribution >= 4 is 5.97 Å². The molecule has 0 amide bonds. The first-order valence-electron chi connectivity index (χ1n) is 6.77. The molecule has 1 unspecified atom stereocenters. The summed E-state index contributed by atoms with van der Waals surface area (Å²) < 4.78 is 5.07. The van der Waals surface area contributed by atoms with Crippen molar-refractivity contribution in [1.82, 2.24) is 9.80 Å². The summed E-state index contributed by atoms with van der Waals surface area (Å²) in [5.41, 5.74) is 0. The van der Waals surface area contributed by atoms with Crippen LogP contribution in [0.4, 0.5) is 0 Å². The summed E-state index contributed by atoms with van der Waals surface area (Å²) in [5, 5.41) is 8.71. The highest BCUT2D eigenvalue weighted by atomic mass is 16.5. The van der Waals surface area contributed by atoms with Crippen molar-refractivity contribution in [2.75, 3.05) is 46.9 Å². The van der Waals surface area contributed by atoms with Gasteiger partial charge < -0.3 is 19.6 Å². The van der Waals surface area contributed by atoms with E-state index in [4.69, 9.17) is 9.84 Å². The van der Waals surface area contributed by atoms with Crippen molar-refractivity contribution in [3.8, 4) is 0 Å². The number of hydrogen-bond acceptors (Lipinski definition) is 4. The Hall–Kier alpha value is -0.650. The van der Waals surface area contributed by atoms with E-state index >= 15 is 0 Å². The lowest BCUT2D eigenvalue weighted by molar-refractivity contribution is -0.137. The molecule has 1 aliphatic heterocycles. The summed E-state index contributed by atoms with van der Waals surface area (Å²) >= 11 is 0. The van der Waals surface area contributed by atoms with Crippen molar-refractivity contribution in [1.29, 1.82) is 0 Å². The number of methoxy groups -OCH3 is 1. The fourth-order valence-corrected chi connectivity index (χ4v) is 2.48. The zero-order valence-corrected chi connectivity index (χ0v) is 11.6. The first-order chi connectivity index (χ1) is 8.63. The number of carboxylic acid groups (broad SMARTS) is 1. The molecule has 1 heterocycles. The summed E-state index contributed by atoms with van der Waals surface area (Å²) in [7, 11) is 3.77. The molecule has 1 saturated heterocycles. The highest BCUT2D eigenvalue weighted by molar-refractivity contribution is 5.66. The second-order valence-corrected chi connectivity index (χ2v) is 5.07. The Morgan fingerprint density at radius 1 is 1.56 bits per heavy atom. The van der Waals surface area contributed by atoms with E-state index in [1.165, 1.54) is 12.8 Å². The standard InChI is InChI=1S/C13H26N2O3/c1-14(9-6-13(16)17)12-5-3-7-15(11-12)8-4-10-18-2/h12H,3-11H2,1-2H3,(H,16,17). The molecule has 5 heteroatoms. The number of hydrogen-bond donors (Lipinski definition) is 1. The molecule has 106 valence electrons. The molecule has 0 aliphatic carbocycles. The van der Waals surface area contributed by atoms with E-state index in [9.17, 15) is 4.79 Å². The number of ether oxygens (including phenoxy) is 1. The molecule has 1 atom stereocenters. The van der Waals surface area contributed by atoms with E-state index in [2.05, 4.69) is 9.80 Å². The van der Waals surface area contributed by atoms with Crippen molar-refractivity contribution in [2.45, 2.75) is 31.7 Å². The summed E-state index contributed by atoms with van der Waals surface area (Å²) in [6.07, 6.45) is 3.69. The molecule has 0 aromatic rings. The molecule has 0 saturated carbocycles. The van der Waals surface area contributed by atoms with Crippen LogP contribution in [0.5, 0.6) is 0 Å². The van der Waals surface area contributed by atoms with Crippen LogP contribution in [-0.2, 0) is 9.53 Å². The van der Waals surface area contributed by atoms with E-state index in [-0.39, 0.29) is 6.42 Å². The second kappa shape index (κ2) is 8.45. The summed E-state index contributed by atoms with van der Waals surface area (Å²) in [6, 6.07) is 0.501. The Balaban J connectivity index is 2.26. The maximum atomic E-state index is 10.6. The van der Waals surface area contributed by atoms with Gasteiger partial charge in [-0.05, 0) is 32.9 Å². The van der Waals surface area contributed by atoms with Crippen LogP contribution < -0.4 is 0 Å². The monoisotopic (exact) mass is 258 g/mol. The van der Waals surface area contributed by atoms with Gasteiger partial charge in [-0.25, -0.2) is 0 Å². The van der Waals surface area contributed by atoms with Gasteiger partial charge in [0.25, 0.3) is 0 Å². The third-order valence-corrected chi connectivity index (χ3v) is 3.61. The van der Waals surface area contributed by atoms with Crippen molar-refractivity contribution in [2.24, 2.45) is 0 Å². The first kappa shape index (κ1) is 15.4. The van der Waals surface area contributed by atoms with Crippen LogP contribution in [0.2, 0.25) is 0 Å². The molecule has 1 fully saturated rings. The number of nitrogens with zero attached hydrogens (tertiary/aromatic N) is 2. The van der Waals surface area contributed by atoms with Crippen molar-refractivity contribution in [3.63, 3.8) is 0 Å². The lowest BCUT2D eigenvalue weighted by Gasteiger charge is -2.37. The molecule has 0 radical (unpaired) electrons. The van der Waals surface area contributed by atoms with Gasteiger partial charge in [0, 0.05) is 39.4 Å². The van der Waals surface area contributed by atoms with Crippen LogP contribution in [0.15, 0.2) is 0 Å². The molecular weight excluding hydrogens is 232 g/mol. The SMILES string of the molecule is COCCCN1CCCC(N(C)CCC(=O)O)C1. The van der Waals surface area contributed by atoms with E-state index in [1.54, 1.807) is 7.11 Å². The van der Waals surface area contributed by atoms with Crippen LogP contribution in [0, 0.1) is 0 Å². The van der Waals surface area contributed by atoms with Gasteiger partial charge in [0.05, 0.1) is 6.42 Å². The number of rotatable bonds is 8. The summed E-state index contributed by atoms with van der Waals surface area (Å²) in [4.78, 5) is 15.2. The van der Waals surface area contributed by atoms with Crippen LogP contribution in [-0.4, -0.2) is 73.9 Å². The minimum Gasteiger partial charge on any atom is -0.481 e. The molecule has 1 rings (SSSR count). The van der Waals surface area contributed by atoms with Gasteiger partial charge in [-0.1, -0.05) is 0 Å². The van der Waals surface area contributed by atoms with E-state index in [0.29, 0.717) is 12.6 Å². The lowest BCUT2D eigenvalue weighted by Crippen LogP contribution is -2.47. The van der Waals surface area contributed by atoms with E-state index in [1.807, 2.05) is 7.05 Å². The highest BCUT2D eigenvalue weighted by Crippen LogP contribution is 2.15. The summed E-state index contributed by atoms with van der Waals surface area (Å²) in [5.74, 6) is -0.713. The predicted octanol–water partition coefficient (Wildman–Crippen LogP) is 0.894. The van der Waals surface area contributed by atoms with Crippen LogP contribution >= 0.6 is 0 Å². The van der Waals surface area contributed by atoms with E-state index in [0.717, 1.165) is 32.7 Å². The number of carbonyl (C=O) groups is 1. The van der Waals surface area contributed by atoms with E-state index < -0.39 is 5.97 Å². The third kappa shape index (κ3) is 5.80. The molecule has 0 bridgehead atoms. The maximum Gasteiger partial charge on any atom is 0.304 e. The van der Waals surface area contributed by atoms with Crippen LogP contribution in [0.1, 0.15) is 25.7 Å². The molecule has 1 N–H and O–H groups in total. The molecule has 0 aromatic carbocycles. The van der Waals surface area contributed by atoms with Crippen molar-refractivity contribution < 1.29 is 14.6 Å². The molecule has 1 aliphatic rings. The molecule has 0 aromatic heterocycles. The molecule has 18 heavy (non-hydrogen) atoms. The van der Waals surface area contributed by atoms with Crippen molar-refractivity contribution in [3.05, 3.63) is 0 Å². The average Bonchev–Trinajstić information content (AvgIpc) is 2.36. The molecule has 0 spiro atoms. The number of aliphatic carboxylic acids is 1. The van der Waals surface area contributed by atoms with Crippen LogP contribution in [0.3, 0.4) is 0 Å². The molecular formula is C13H26N2O3. The third-order valence-electron chi connectivity index (χ3n) is 3.61. The first-order valence-corrected chi connectivity index (χ1v) is 6.77. The molecule has 5 nitrogen and oxygen atoms in total. The minimum atomic E-state index is -0.713. The largest absolute Gasteiger partial charge is 0.481 e. The number of likely N-dealkylation sites (N-methyl/N-ethyl adjacent to an activating group) is 1. The smallest absolute Gasteiger partial charge is 0.304 e. The fourth-order valence-electron chi connectivity index (χ4n) is 2.48. The Morgan fingerprint density at radius 3 is 3.00 bits per heavy atom. The quantitative estimate of drug-likeness (QED) is 0.655. The van der Waals surface area contributed by atoms with Gasteiger partial charge in [-0.3, -0.25) is 4.79 Å². The lowest BCUT2D eigenvalue weighted by atomic mass is 10.0. The highest BCUT2D eigenvalue weighted by Gasteiger charge is 2.22. The Bertz CT molecular complexity index is 248. The second-order valence-electron chi connectivity index (χ2n) is 5.07. The van der Waals surface area contributed by atoms with Gasteiger partial charge in [0.1, 0.15) is 0 Å². The van der Waals surface area contributed by atoms with Gasteiger partial charge >= 0.3 is 5.97 Å². The topological polar surface area (TPSA) is 53.0 Å². The minimum absolute atomic E-state index is 0.233. The van der Waals surface area contributed by atoms with Gasteiger partial charge in [-0.15, -0.1) is 0 Å². The number of piperidine rings is 1. The zero-order chi connectivity index (χ0) is 13.4. The average molecular weight is 258 g/mol. The Kier molecular flexibility index (Phi) is 7.23. The maximum absolute atomic E-state index is 10.6. The Labute approximate surface area is 110 Å². The number of likely N-dealkylation sites (tertiary alicyclic amines) is 1. The Morgan fingerprint density at radius 2 is 2.33 bits per heavy atom. The van der Waals surface area contributed by atoms with Gasteiger partial charge in [0.2, 0.25) is 0 Å². The normalized spacial score (nSPS) is 21.4. The zero-order valence-electron chi connectivity index (χ0n) is 11.6. The van der Waals surface area contributed by atoms with Crippen LogP contribution in [0.25, 0.3) is 0 Å². The fraction of sp³-hybridized carbons (Fsp3) is 0.923. The summed E-state index contributed by atoms with van der Waals surface area (Å²) in [6.45, 7) is 4.76. The van der Waals surface area contributed by atoms with Gasteiger partial charge in [0.15, 0.2) is 0 Å². The van der Waals surface area contributed by atoms with Gasteiger partial charge in [-0.2, -0.15) is 0 Å².